The first kappa shape index (κ1) is 6.87. The highest BCUT2D eigenvalue weighted by atomic mass is 32.2. The molecule has 0 aromatic heterocycles. The molecule has 0 unspecified atom stereocenters. The Bertz CT molecular complexity index is 132. The molecule has 0 spiro atoms. The van der Waals surface area contributed by atoms with E-state index in [1.54, 1.807) is 6.92 Å². The van der Waals surface area contributed by atoms with Gasteiger partial charge in [-0.25, -0.2) is 0 Å². The van der Waals surface area contributed by atoms with Crippen LogP contribution in [0.2, 0.25) is 0 Å². The van der Waals surface area contributed by atoms with Gasteiger partial charge in [-0.05, 0) is 12.8 Å². The summed E-state index contributed by atoms with van der Waals surface area (Å²) in [6.07, 6.45) is 6.43. The van der Waals surface area contributed by atoms with Gasteiger partial charge >= 0.3 is 0 Å². The Kier molecular flexibility index (Phi) is 2.34. The quantitative estimate of drug-likeness (QED) is 0.521. The monoisotopic (exact) mass is 142 g/mol. The van der Waals surface area contributed by atoms with Crippen LogP contribution in [0, 0.1) is 0 Å². The average Bonchev–Trinajstić information content (AvgIpc) is 2.15. The second-order valence-corrected chi connectivity index (χ2v) is 3.65. The predicted octanol–water partition coefficient (Wildman–Crippen LogP) is 1.98. The molecule has 1 aliphatic rings. The number of rotatable bonds is 1. The van der Waals surface area contributed by atoms with Crippen molar-refractivity contribution in [3.05, 3.63) is 12.2 Å². The molecule has 0 aromatic carbocycles. The molecule has 1 aliphatic carbocycles. The Labute approximate surface area is 59.5 Å². The van der Waals surface area contributed by atoms with Crippen molar-refractivity contribution in [2.75, 3.05) is 0 Å². The van der Waals surface area contributed by atoms with Gasteiger partial charge in [0.1, 0.15) is 0 Å². The maximum Gasteiger partial charge on any atom is 0.186 e. The van der Waals surface area contributed by atoms with Crippen LogP contribution in [-0.2, 0) is 4.79 Å². The smallest absolute Gasteiger partial charge is 0.186 e. The van der Waals surface area contributed by atoms with Crippen LogP contribution in [0.4, 0.5) is 0 Å². The topological polar surface area (TPSA) is 17.1 Å². The third-order valence-electron chi connectivity index (χ3n) is 1.30. The molecule has 0 aliphatic heterocycles. The van der Waals surface area contributed by atoms with Crippen molar-refractivity contribution in [2.45, 2.75) is 25.0 Å². The van der Waals surface area contributed by atoms with E-state index in [9.17, 15) is 4.79 Å². The van der Waals surface area contributed by atoms with Crippen molar-refractivity contribution in [3.63, 3.8) is 0 Å². The van der Waals surface area contributed by atoms with Gasteiger partial charge in [0.2, 0.25) is 0 Å². The van der Waals surface area contributed by atoms with Crippen LogP contribution in [0.1, 0.15) is 19.8 Å². The van der Waals surface area contributed by atoms with E-state index in [0.717, 1.165) is 12.8 Å². The van der Waals surface area contributed by atoms with Crippen molar-refractivity contribution < 1.29 is 4.79 Å². The van der Waals surface area contributed by atoms with E-state index in [1.165, 1.54) is 11.8 Å². The molecule has 0 aromatic rings. The molecule has 0 fully saturated rings. The lowest BCUT2D eigenvalue weighted by molar-refractivity contribution is -0.109. The van der Waals surface area contributed by atoms with Gasteiger partial charge in [-0.1, -0.05) is 23.9 Å². The maximum atomic E-state index is 10.5. The van der Waals surface area contributed by atoms with Crippen molar-refractivity contribution in [2.24, 2.45) is 0 Å². The van der Waals surface area contributed by atoms with Gasteiger partial charge in [-0.3, -0.25) is 4.79 Å². The summed E-state index contributed by atoms with van der Waals surface area (Å²) in [7, 11) is 0. The molecule has 0 atom stereocenters. The molecule has 0 saturated carbocycles. The summed E-state index contributed by atoms with van der Waals surface area (Å²) in [5.41, 5.74) is 0. The lowest BCUT2D eigenvalue weighted by atomic mass is 10.3. The SMILES string of the molecule is CC(=O)SC1CC=CC1. The van der Waals surface area contributed by atoms with E-state index in [0.29, 0.717) is 5.25 Å². The van der Waals surface area contributed by atoms with Crippen LogP contribution in [-0.4, -0.2) is 10.4 Å². The van der Waals surface area contributed by atoms with Crippen LogP contribution in [0.3, 0.4) is 0 Å². The van der Waals surface area contributed by atoms with Gasteiger partial charge in [0.15, 0.2) is 5.12 Å². The van der Waals surface area contributed by atoms with E-state index in [2.05, 4.69) is 12.2 Å². The maximum absolute atomic E-state index is 10.5. The van der Waals surface area contributed by atoms with Crippen molar-refractivity contribution in [1.82, 2.24) is 0 Å². The fraction of sp³-hybridized carbons (Fsp3) is 0.571. The fourth-order valence-electron chi connectivity index (χ4n) is 0.923. The van der Waals surface area contributed by atoms with Gasteiger partial charge in [0, 0.05) is 12.2 Å². The number of hydrogen-bond acceptors (Lipinski definition) is 2. The van der Waals surface area contributed by atoms with E-state index < -0.39 is 0 Å². The van der Waals surface area contributed by atoms with Gasteiger partial charge in [0.05, 0.1) is 0 Å². The van der Waals surface area contributed by atoms with Crippen LogP contribution in [0.15, 0.2) is 12.2 Å². The van der Waals surface area contributed by atoms with Gasteiger partial charge in [-0.15, -0.1) is 0 Å². The summed E-state index contributed by atoms with van der Waals surface area (Å²) < 4.78 is 0. The van der Waals surface area contributed by atoms with Gasteiger partial charge in [-0.2, -0.15) is 0 Å². The summed E-state index contributed by atoms with van der Waals surface area (Å²) in [6, 6.07) is 0. The summed E-state index contributed by atoms with van der Waals surface area (Å²) >= 11 is 1.46. The Morgan fingerprint density at radius 1 is 1.56 bits per heavy atom. The minimum Gasteiger partial charge on any atom is -0.288 e. The van der Waals surface area contributed by atoms with Crippen molar-refractivity contribution >= 4 is 16.9 Å². The van der Waals surface area contributed by atoms with E-state index in [4.69, 9.17) is 0 Å². The number of carbonyl (C=O) groups excluding carboxylic acids is 1. The second kappa shape index (κ2) is 3.06. The highest BCUT2D eigenvalue weighted by molar-refractivity contribution is 8.14. The van der Waals surface area contributed by atoms with Crippen LogP contribution in [0.25, 0.3) is 0 Å². The molecule has 1 rings (SSSR count). The van der Waals surface area contributed by atoms with Crippen LogP contribution in [0.5, 0.6) is 0 Å². The van der Waals surface area contributed by atoms with Gasteiger partial charge in [0.25, 0.3) is 0 Å². The normalized spacial score (nSPS) is 18.8. The second-order valence-electron chi connectivity index (χ2n) is 2.17. The Morgan fingerprint density at radius 2 is 2.11 bits per heavy atom. The van der Waals surface area contributed by atoms with E-state index >= 15 is 0 Å². The Morgan fingerprint density at radius 3 is 2.56 bits per heavy atom. The highest BCUT2D eigenvalue weighted by Crippen LogP contribution is 2.24. The summed E-state index contributed by atoms with van der Waals surface area (Å²) in [6.45, 7) is 1.63. The molecule has 0 bridgehead atoms. The van der Waals surface area contributed by atoms with E-state index in [-0.39, 0.29) is 5.12 Å². The average molecular weight is 142 g/mol. The van der Waals surface area contributed by atoms with E-state index in [1.807, 2.05) is 0 Å². The summed E-state index contributed by atoms with van der Waals surface area (Å²) in [5, 5.41) is 0.784. The number of thioether (sulfide) groups is 1. The molecule has 0 N–H and O–H groups in total. The fourth-order valence-corrected chi connectivity index (χ4v) is 1.81. The number of allylic oxidation sites excluding steroid dienone is 2. The molecule has 0 saturated heterocycles. The first-order valence-corrected chi connectivity index (χ1v) is 3.99. The predicted molar refractivity (Wildman–Crippen MR) is 40.4 cm³/mol. The first-order chi connectivity index (χ1) is 4.29. The standard InChI is InChI=1S/C7H10OS/c1-6(8)9-7-4-2-3-5-7/h2-3,7H,4-5H2,1H3. The summed E-state index contributed by atoms with van der Waals surface area (Å²) in [4.78, 5) is 10.5. The Balaban J connectivity index is 2.22. The van der Waals surface area contributed by atoms with Crippen LogP contribution < -0.4 is 0 Å². The number of hydrogen-bond donors (Lipinski definition) is 0. The van der Waals surface area contributed by atoms with Crippen LogP contribution >= 0.6 is 11.8 Å². The molecular formula is C7H10OS. The first-order valence-electron chi connectivity index (χ1n) is 3.11. The highest BCUT2D eigenvalue weighted by Gasteiger charge is 2.11. The third-order valence-corrected chi connectivity index (χ3v) is 2.35. The third kappa shape index (κ3) is 2.22. The molecule has 0 amide bonds. The largest absolute Gasteiger partial charge is 0.288 e. The Hall–Kier alpha value is -0.240. The molecule has 1 nitrogen and oxygen atoms in total. The zero-order valence-corrected chi connectivity index (χ0v) is 6.28. The minimum absolute atomic E-state index is 0.240. The molecule has 9 heavy (non-hydrogen) atoms. The molecule has 0 heterocycles. The van der Waals surface area contributed by atoms with Gasteiger partial charge < -0.3 is 0 Å². The molecule has 50 valence electrons. The molecular weight excluding hydrogens is 132 g/mol. The molecule has 0 radical (unpaired) electrons. The zero-order valence-electron chi connectivity index (χ0n) is 5.46. The number of carbonyl (C=O) groups is 1. The lowest BCUT2D eigenvalue weighted by Gasteiger charge is -2.02. The lowest BCUT2D eigenvalue weighted by Crippen LogP contribution is -1.97. The zero-order chi connectivity index (χ0) is 6.69. The molecule has 2 heteroatoms. The van der Waals surface area contributed by atoms with Crippen molar-refractivity contribution in [3.8, 4) is 0 Å². The minimum atomic E-state index is 0.240. The van der Waals surface area contributed by atoms with Crippen molar-refractivity contribution in [1.29, 1.82) is 0 Å². The summed E-state index contributed by atoms with van der Waals surface area (Å²) in [5.74, 6) is 0.